The van der Waals surface area contributed by atoms with Crippen LogP contribution in [-0.2, 0) is 6.18 Å². The molecule has 1 aromatic heterocycles. The van der Waals surface area contributed by atoms with E-state index in [4.69, 9.17) is 16.1 Å². The predicted molar refractivity (Wildman–Crippen MR) is 111 cm³/mol. The number of rotatable bonds is 3. The van der Waals surface area contributed by atoms with Gasteiger partial charge in [0.25, 0.3) is 5.91 Å². The molecule has 0 radical (unpaired) electrons. The molecule has 162 valence electrons. The van der Waals surface area contributed by atoms with Crippen LogP contribution in [0.2, 0.25) is 5.02 Å². The summed E-state index contributed by atoms with van der Waals surface area (Å²) >= 11 is 6.27. The van der Waals surface area contributed by atoms with Gasteiger partial charge in [-0.2, -0.15) is 13.2 Å². The largest absolute Gasteiger partial charge is 0.416 e. The van der Waals surface area contributed by atoms with Gasteiger partial charge in [0.15, 0.2) is 0 Å². The average Bonchev–Trinajstić information content (AvgIpc) is 3.14. The zero-order valence-corrected chi connectivity index (χ0v) is 17.4. The minimum atomic E-state index is -4.36. The molecule has 5 nitrogen and oxygen atoms in total. The summed E-state index contributed by atoms with van der Waals surface area (Å²) < 4.78 is 43.6. The minimum absolute atomic E-state index is 0.208. The Morgan fingerprint density at radius 2 is 1.68 bits per heavy atom. The lowest BCUT2D eigenvalue weighted by Gasteiger charge is -2.36. The maximum atomic E-state index is 13.2. The van der Waals surface area contributed by atoms with Crippen molar-refractivity contribution in [2.45, 2.75) is 13.1 Å². The fourth-order valence-electron chi connectivity index (χ4n) is 3.65. The number of aromatic nitrogens is 1. The lowest BCUT2D eigenvalue weighted by atomic mass is 10.0. The Kier molecular flexibility index (Phi) is 5.66. The lowest BCUT2D eigenvalue weighted by molar-refractivity contribution is -0.137. The summed E-state index contributed by atoms with van der Waals surface area (Å²) in [6, 6.07) is 12.2. The van der Waals surface area contributed by atoms with Gasteiger partial charge in [0, 0.05) is 37.4 Å². The van der Waals surface area contributed by atoms with Crippen LogP contribution in [0, 0.1) is 6.92 Å². The number of aryl methyl sites for hydroxylation is 1. The van der Waals surface area contributed by atoms with Crippen LogP contribution in [0.3, 0.4) is 0 Å². The van der Waals surface area contributed by atoms with Crippen molar-refractivity contribution in [2.75, 3.05) is 31.1 Å². The van der Waals surface area contributed by atoms with Gasteiger partial charge in [-0.1, -0.05) is 35.0 Å². The maximum absolute atomic E-state index is 13.2. The Bertz CT molecular complexity index is 1090. The van der Waals surface area contributed by atoms with E-state index in [1.807, 2.05) is 11.0 Å². The van der Waals surface area contributed by atoms with Crippen LogP contribution in [0.15, 0.2) is 53.1 Å². The summed E-state index contributed by atoms with van der Waals surface area (Å²) in [4.78, 5) is 16.9. The molecule has 3 aromatic rings. The van der Waals surface area contributed by atoms with Crippen LogP contribution in [0.25, 0.3) is 11.3 Å². The number of carbonyl (C=O) groups excluding carboxylic acids is 1. The van der Waals surface area contributed by atoms with Crippen LogP contribution in [0.5, 0.6) is 0 Å². The van der Waals surface area contributed by atoms with Crippen molar-refractivity contribution in [1.82, 2.24) is 10.1 Å². The highest BCUT2D eigenvalue weighted by atomic mass is 35.5. The number of amides is 1. The quantitative estimate of drug-likeness (QED) is 0.545. The zero-order chi connectivity index (χ0) is 22.2. The molecule has 0 spiro atoms. The molecule has 0 aliphatic carbocycles. The second-order valence-corrected chi connectivity index (χ2v) is 7.67. The summed E-state index contributed by atoms with van der Waals surface area (Å²) in [5.74, 6) is 0.200. The van der Waals surface area contributed by atoms with E-state index >= 15 is 0 Å². The van der Waals surface area contributed by atoms with Crippen molar-refractivity contribution in [3.8, 4) is 11.3 Å². The van der Waals surface area contributed by atoms with Crippen molar-refractivity contribution in [3.05, 3.63) is 70.4 Å². The second-order valence-electron chi connectivity index (χ2n) is 7.27. The molecule has 0 N–H and O–H groups in total. The number of halogens is 4. The first kappa shape index (κ1) is 21.2. The number of alkyl halides is 3. The van der Waals surface area contributed by atoms with Crippen LogP contribution in [0.1, 0.15) is 21.7 Å². The first-order chi connectivity index (χ1) is 14.8. The third-order valence-corrected chi connectivity index (χ3v) is 5.66. The molecule has 0 atom stereocenters. The number of nitrogens with zero attached hydrogens (tertiary/aromatic N) is 3. The van der Waals surface area contributed by atoms with Gasteiger partial charge in [-0.05, 0) is 37.3 Å². The molecule has 2 heterocycles. The molecule has 1 aliphatic rings. The van der Waals surface area contributed by atoms with E-state index in [1.165, 1.54) is 12.1 Å². The van der Waals surface area contributed by atoms with Crippen molar-refractivity contribution in [2.24, 2.45) is 0 Å². The van der Waals surface area contributed by atoms with Crippen molar-refractivity contribution < 1.29 is 22.5 Å². The fraction of sp³-hybridized carbons (Fsp3) is 0.273. The molecule has 1 aliphatic heterocycles. The standard InChI is InChI=1S/C22H19ClF3N3O2/c1-14-19(20(27-31-14)17-4-2-3-5-18(17)23)21(30)29-12-10-28(11-13-29)16-8-6-15(7-9-16)22(24,25)26/h2-9H,10-13H2,1H3. The molecule has 4 rings (SSSR count). The van der Waals surface area contributed by atoms with Gasteiger partial charge in [-0.3, -0.25) is 4.79 Å². The third kappa shape index (κ3) is 4.25. The van der Waals surface area contributed by atoms with Crippen molar-refractivity contribution in [3.63, 3.8) is 0 Å². The van der Waals surface area contributed by atoms with Crippen LogP contribution >= 0.6 is 11.6 Å². The Labute approximate surface area is 182 Å². The molecule has 0 saturated carbocycles. The van der Waals surface area contributed by atoms with Crippen LogP contribution < -0.4 is 4.90 Å². The highest BCUT2D eigenvalue weighted by Crippen LogP contribution is 2.33. The molecule has 9 heteroatoms. The number of carbonyl (C=O) groups is 1. The van der Waals surface area contributed by atoms with Gasteiger partial charge in [0.2, 0.25) is 0 Å². The number of hydrogen-bond acceptors (Lipinski definition) is 4. The molecule has 2 aromatic carbocycles. The van der Waals surface area contributed by atoms with Crippen molar-refractivity contribution >= 4 is 23.2 Å². The summed E-state index contributed by atoms with van der Waals surface area (Å²) in [6.45, 7) is 3.53. The normalized spacial score (nSPS) is 14.7. The third-order valence-electron chi connectivity index (χ3n) is 5.33. The number of benzene rings is 2. The van der Waals surface area contributed by atoms with E-state index in [-0.39, 0.29) is 5.91 Å². The monoisotopic (exact) mass is 449 g/mol. The van der Waals surface area contributed by atoms with E-state index < -0.39 is 11.7 Å². The molecule has 1 amide bonds. The molecule has 1 saturated heterocycles. The minimum Gasteiger partial charge on any atom is -0.368 e. The lowest BCUT2D eigenvalue weighted by Crippen LogP contribution is -2.49. The summed E-state index contributed by atoms with van der Waals surface area (Å²) in [5, 5.41) is 4.51. The van der Waals surface area contributed by atoms with Gasteiger partial charge in [0.1, 0.15) is 17.0 Å². The van der Waals surface area contributed by atoms with E-state index in [0.717, 1.165) is 12.1 Å². The predicted octanol–water partition coefficient (Wildman–Crippen LogP) is 5.28. The summed E-state index contributed by atoms with van der Waals surface area (Å²) in [7, 11) is 0. The average molecular weight is 450 g/mol. The first-order valence-electron chi connectivity index (χ1n) is 9.68. The SMILES string of the molecule is Cc1onc(-c2ccccc2Cl)c1C(=O)N1CCN(c2ccc(C(F)(F)F)cc2)CC1. The summed E-state index contributed by atoms with van der Waals surface area (Å²) in [5.41, 5.74) is 1.40. The number of piperazine rings is 1. The second kappa shape index (κ2) is 8.26. The zero-order valence-electron chi connectivity index (χ0n) is 16.6. The first-order valence-corrected chi connectivity index (χ1v) is 10.1. The molecule has 0 bridgehead atoms. The van der Waals surface area contributed by atoms with Gasteiger partial charge < -0.3 is 14.3 Å². The molecular weight excluding hydrogens is 431 g/mol. The number of hydrogen-bond donors (Lipinski definition) is 0. The topological polar surface area (TPSA) is 49.6 Å². The van der Waals surface area contributed by atoms with Gasteiger partial charge in [-0.25, -0.2) is 0 Å². The maximum Gasteiger partial charge on any atom is 0.416 e. The smallest absolute Gasteiger partial charge is 0.368 e. The van der Waals surface area contributed by atoms with Crippen LogP contribution in [0.4, 0.5) is 18.9 Å². The van der Waals surface area contributed by atoms with E-state index in [9.17, 15) is 18.0 Å². The number of anilines is 1. The Balaban J connectivity index is 1.48. The Morgan fingerprint density at radius 3 is 2.29 bits per heavy atom. The molecule has 0 unspecified atom stereocenters. The van der Waals surface area contributed by atoms with Gasteiger partial charge in [-0.15, -0.1) is 0 Å². The Morgan fingerprint density at radius 1 is 1.03 bits per heavy atom. The molecule has 31 heavy (non-hydrogen) atoms. The van der Waals surface area contributed by atoms with Crippen LogP contribution in [-0.4, -0.2) is 42.1 Å². The highest BCUT2D eigenvalue weighted by Gasteiger charge is 2.31. The van der Waals surface area contributed by atoms with E-state index in [0.29, 0.717) is 59.5 Å². The van der Waals surface area contributed by atoms with E-state index in [2.05, 4.69) is 5.16 Å². The Hall–Kier alpha value is -3.00. The fourth-order valence-corrected chi connectivity index (χ4v) is 3.87. The van der Waals surface area contributed by atoms with E-state index in [1.54, 1.807) is 30.0 Å². The highest BCUT2D eigenvalue weighted by molar-refractivity contribution is 6.33. The van der Waals surface area contributed by atoms with Gasteiger partial charge in [0.05, 0.1) is 10.6 Å². The molecule has 1 fully saturated rings. The van der Waals surface area contributed by atoms with Gasteiger partial charge >= 0.3 is 6.18 Å². The summed E-state index contributed by atoms with van der Waals surface area (Å²) in [6.07, 6.45) is -4.36. The van der Waals surface area contributed by atoms with Crippen molar-refractivity contribution in [1.29, 1.82) is 0 Å². The molecular formula is C22H19ClF3N3O2.